The fourth-order valence-corrected chi connectivity index (χ4v) is 2.27. The van der Waals surface area contributed by atoms with Crippen LogP contribution in [-0.2, 0) is 0 Å². The van der Waals surface area contributed by atoms with E-state index in [0.29, 0.717) is 22.4 Å². The summed E-state index contributed by atoms with van der Waals surface area (Å²) in [6.45, 7) is 0. The predicted octanol–water partition coefficient (Wildman–Crippen LogP) is 3.81. The van der Waals surface area contributed by atoms with Gasteiger partial charge < -0.3 is 4.98 Å². The van der Waals surface area contributed by atoms with E-state index in [4.69, 9.17) is 34.8 Å². The van der Waals surface area contributed by atoms with Crippen molar-refractivity contribution < 1.29 is 4.79 Å². The number of pyridine rings is 1. The molecule has 0 amide bonds. The first-order chi connectivity index (χ1) is 8.52. The third-order valence-corrected chi connectivity index (χ3v) is 3.39. The van der Waals surface area contributed by atoms with Crippen LogP contribution in [0.3, 0.4) is 0 Å². The Morgan fingerprint density at radius 2 is 1.78 bits per heavy atom. The number of carbonyl (C=O) groups excluding carboxylic acids is 1. The molecule has 0 saturated heterocycles. The lowest BCUT2D eigenvalue weighted by atomic mass is 10.0. The van der Waals surface area contributed by atoms with Crippen LogP contribution in [0.1, 0.15) is 10.4 Å². The summed E-state index contributed by atoms with van der Waals surface area (Å²) >= 11 is 17.9. The summed E-state index contributed by atoms with van der Waals surface area (Å²) in [5, 5.41) is 0.945. The van der Waals surface area contributed by atoms with Crippen molar-refractivity contribution in [3.63, 3.8) is 0 Å². The number of aldehydes is 1. The van der Waals surface area contributed by atoms with Gasteiger partial charge in [0.2, 0.25) is 5.56 Å². The standard InChI is InChI=1S/C12H6Cl3NO2/c13-7-2-8(12(15)10(14)3-7)9-4-16-11(18)1-6(9)5-17/h1-5H,(H,16,18). The van der Waals surface area contributed by atoms with Gasteiger partial charge in [-0.1, -0.05) is 34.8 Å². The van der Waals surface area contributed by atoms with Crippen molar-refractivity contribution in [1.29, 1.82) is 0 Å². The van der Waals surface area contributed by atoms with Crippen molar-refractivity contribution in [3.05, 3.63) is 55.4 Å². The van der Waals surface area contributed by atoms with Crippen molar-refractivity contribution >= 4 is 41.1 Å². The monoisotopic (exact) mass is 301 g/mol. The summed E-state index contributed by atoms with van der Waals surface area (Å²) in [5.41, 5.74) is 0.815. The lowest BCUT2D eigenvalue weighted by Gasteiger charge is -2.08. The molecule has 0 saturated carbocycles. The molecule has 0 atom stereocenters. The zero-order valence-electron chi connectivity index (χ0n) is 8.84. The number of halogens is 3. The summed E-state index contributed by atoms with van der Waals surface area (Å²) in [6, 6.07) is 4.27. The molecule has 0 bridgehead atoms. The van der Waals surface area contributed by atoms with Crippen LogP contribution in [0, 0.1) is 0 Å². The Balaban J connectivity index is 2.76. The average molecular weight is 303 g/mol. The lowest BCUT2D eigenvalue weighted by Crippen LogP contribution is -2.06. The van der Waals surface area contributed by atoms with Crippen LogP contribution < -0.4 is 5.56 Å². The highest BCUT2D eigenvalue weighted by Crippen LogP contribution is 2.36. The largest absolute Gasteiger partial charge is 0.328 e. The highest BCUT2D eigenvalue weighted by atomic mass is 35.5. The highest BCUT2D eigenvalue weighted by molar-refractivity contribution is 6.45. The van der Waals surface area contributed by atoms with Crippen LogP contribution in [0.15, 0.2) is 29.2 Å². The van der Waals surface area contributed by atoms with Crippen LogP contribution in [0.4, 0.5) is 0 Å². The van der Waals surface area contributed by atoms with Gasteiger partial charge in [0.05, 0.1) is 10.0 Å². The fourth-order valence-electron chi connectivity index (χ4n) is 1.57. The Labute approximate surface area is 117 Å². The molecule has 0 aliphatic rings. The molecule has 0 aliphatic heterocycles. The summed E-state index contributed by atoms with van der Waals surface area (Å²) in [7, 11) is 0. The number of benzene rings is 1. The van der Waals surface area contributed by atoms with Crippen molar-refractivity contribution in [1.82, 2.24) is 4.98 Å². The summed E-state index contributed by atoms with van der Waals surface area (Å²) in [6.07, 6.45) is 1.98. The maximum Gasteiger partial charge on any atom is 0.248 e. The Kier molecular flexibility index (Phi) is 3.76. The fraction of sp³-hybridized carbons (Fsp3) is 0. The molecule has 1 aromatic carbocycles. The second kappa shape index (κ2) is 5.14. The van der Waals surface area contributed by atoms with Gasteiger partial charge in [-0.3, -0.25) is 9.59 Å². The normalized spacial score (nSPS) is 10.4. The molecule has 3 nitrogen and oxygen atoms in total. The van der Waals surface area contributed by atoms with Crippen LogP contribution in [-0.4, -0.2) is 11.3 Å². The second-order valence-corrected chi connectivity index (χ2v) is 4.75. The van der Waals surface area contributed by atoms with Gasteiger partial charge in [0.25, 0.3) is 0 Å². The zero-order valence-corrected chi connectivity index (χ0v) is 11.1. The van der Waals surface area contributed by atoms with Crippen LogP contribution in [0.2, 0.25) is 15.1 Å². The molecule has 2 rings (SSSR count). The van der Waals surface area contributed by atoms with Gasteiger partial charge in [-0.15, -0.1) is 0 Å². The molecule has 18 heavy (non-hydrogen) atoms. The van der Waals surface area contributed by atoms with Crippen LogP contribution >= 0.6 is 34.8 Å². The second-order valence-electron chi connectivity index (χ2n) is 3.53. The van der Waals surface area contributed by atoms with Gasteiger partial charge in [-0.2, -0.15) is 0 Å². The number of aromatic amines is 1. The molecule has 2 aromatic rings. The van der Waals surface area contributed by atoms with Crippen molar-refractivity contribution in [2.75, 3.05) is 0 Å². The zero-order chi connectivity index (χ0) is 13.3. The van der Waals surface area contributed by atoms with Crippen LogP contribution in [0.5, 0.6) is 0 Å². The van der Waals surface area contributed by atoms with Crippen molar-refractivity contribution in [2.24, 2.45) is 0 Å². The van der Waals surface area contributed by atoms with Gasteiger partial charge in [0, 0.05) is 34.0 Å². The topological polar surface area (TPSA) is 49.9 Å². The van der Waals surface area contributed by atoms with E-state index in [1.165, 1.54) is 18.3 Å². The number of hydrogen-bond acceptors (Lipinski definition) is 2. The maximum absolute atomic E-state index is 11.2. The Morgan fingerprint density at radius 1 is 1.06 bits per heavy atom. The molecule has 92 valence electrons. The molecule has 1 N–H and O–H groups in total. The third kappa shape index (κ3) is 2.43. The molecule has 6 heteroatoms. The van der Waals surface area contributed by atoms with Gasteiger partial charge in [0.15, 0.2) is 6.29 Å². The van der Waals surface area contributed by atoms with Gasteiger partial charge in [-0.25, -0.2) is 0 Å². The van der Waals surface area contributed by atoms with Gasteiger partial charge >= 0.3 is 0 Å². The predicted molar refractivity (Wildman–Crippen MR) is 72.9 cm³/mol. The quantitative estimate of drug-likeness (QED) is 0.677. The first-order valence-electron chi connectivity index (χ1n) is 4.85. The SMILES string of the molecule is O=Cc1cc(=O)[nH]cc1-c1cc(Cl)cc(Cl)c1Cl. The Morgan fingerprint density at radius 3 is 2.44 bits per heavy atom. The van der Waals surface area contributed by atoms with E-state index < -0.39 is 0 Å². The van der Waals surface area contributed by atoms with E-state index in [-0.39, 0.29) is 21.2 Å². The highest BCUT2D eigenvalue weighted by Gasteiger charge is 2.13. The van der Waals surface area contributed by atoms with Crippen molar-refractivity contribution in [2.45, 2.75) is 0 Å². The molecule has 0 fully saturated rings. The smallest absolute Gasteiger partial charge is 0.248 e. The van der Waals surface area contributed by atoms with E-state index >= 15 is 0 Å². The summed E-state index contributed by atoms with van der Waals surface area (Å²) in [5.74, 6) is 0. The minimum Gasteiger partial charge on any atom is -0.328 e. The van der Waals surface area contributed by atoms with E-state index in [0.717, 1.165) is 0 Å². The number of aromatic nitrogens is 1. The minimum absolute atomic E-state index is 0.221. The molecule has 1 heterocycles. The minimum atomic E-state index is -0.370. The van der Waals surface area contributed by atoms with E-state index in [1.54, 1.807) is 6.07 Å². The van der Waals surface area contributed by atoms with Gasteiger partial charge in [0.1, 0.15) is 0 Å². The first kappa shape index (κ1) is 13.1. The number of H-pyrrole nitrogens is 1. The molecular weight excluding hydrogens is 296 g/mol. The molecule has 0 unspecified atom stereocenters. The van der Waals surface area contributed by atoms with Gasteiger partial charge in [-0.05, 0) is 12.1 Å². The molecule has 0 spiro atoms. The molecular formula is C12H6Cl3NO2. The lowest BCUT2D eigenvalue weighted by molar-refractivity contribution is 0.112. The maximum atomic E-state index is 11.2. The third-order valence-electron chi connectivity index (χ3n) is 2.37. The Bertz CT molecular complexity index is 680. The molecule has 1 aromatic heterocycles. The van der Waals surface area contributed by atoms with Crippen LogP contribution in [0.25, 0.3) is 11.1 Å². The van der Waals surface area contributed by atoms with E-state index in [2.05, 4.69) is 4.98 Å². The van der Waals surface area contributed by atoms with E-state index in [1.807, 2.05) is 0 Å². The number of carbonyl (C=O) groups is 1. The summed E-state index contributed by atoms with van der Waals surface area (Å²) < 4.78 is 0. The number of rotatable bonds is 2. The number of hydrogen-bond donors (Lipinski definition) is 1. The molecule has 0 aliphatic carbocycles. The first-order valence-corrected chi connectivity index (χ1v) is 5.99. The number of nitrogens with one attached hydrogen (secondary N) is 1. The average Bonchev–Trinajstić information content (AvgIpc) is 2.34. The summed E-state index contributed by atoms with van der Waals surface area (Å²) in [4.78, 5) is 24.6. The van der Waals surface area contributed by atoms with E-state index in [9.17, 15) is 9.59 Å². The Hall–Kier alpha value is -1.29. The van der Waals surface area contributed by atoms with Crippen molar-refractivity contribution in [3.8, 4) is 11.1 Å². The molecule has 0 radical (unpaired) electrons.